The summed E-state index contributed by atoms with van der Waals surface area (Å²) >= 11 is 0. The van der Waals surface area contributed by atoms with E-state index in [2.05, 4.69) is 10.0 Å². The lowest BCUT2D eigenvalue weighted by Gasteiger charge is -2.26. The van der Waals surface area contributed by atoms with Crippen LogP contribution in [0.1, 0.15) is 44.9 Å². The van der Waals surface area contributed by atoms with Crippen LogP contribution in [0.25, 0.3) is 0 Å². The van der Waals surface area contributed by atoms with E-state index in [0.29, 0.717) is 11.7 Å². The summed E-state index contributed by atoms with van der Waals surface area (Å²) in [5.41, 5.74) is 0. The highest BCUT2D eigenvalue weighted by molar-refractivity contribution is 7.89. The summed E-state index contributed by atoms with van der Waals surface area (Å²) in [6.45, 7) is 1.85. The summed E-state index contributed by atoms with van der Waals surface area (Å²) in [4.78, 5) is 0. The van der Waals surface area contributed by atoms with Crippen LogP contribution in [0.2, 0.25) is 0 Å². The standard InChI is InChI=1S/C12H24N2O2S.ClH/c15-17(16,10-11-4-2-1-3-5-11)14-12-6-8-13-9-7-12;/h11-14H,1-10H2;1H. The molecule has 0 atom stereocenters. The van der Waals surface area contributed by atoms with E-state index >= 15 is 0 Å². The molecule has 1 heterocycles. The average Bonchev–Trinajstić information content (AvgIpc) is 2.30. The Labute approximate surface area is 117 Å². The first-order valence-corrected chi connectivity index (χ1v) is 8.52. The maximum absolute atomic E-state index is 12.0. The maximum atomic E-state index is 12.0. The Balaban J connectivity index is 0.00000162. The van der Waals surface area contributed by atoms with E-state index in [0.717, 1.165) is 38.8 Å². The fourth-order valence-electron chi connectivity index (χ4n) is 2.91. The van der Waals surface area contributed by atoms with Crippen molar-refractivity contribution in [2.45, 2.75) is 51.0 Å². The highest BCUT2D eigenvalue weighted by atomic mass is 35.5. The number of piperidine rings is 1. The van der Waals surface area contributed by atoms with Gasteiger partial charge >= 0.3 is 0 Å². The Morgan fingerprint density at radius 1 is 1.00 bits per heavy atom. The zero-order valence-corrected chi connectivity index (χ0v) is 12.5. The molecule has 0 unspecified atom stereocenters. The van der Waals surface area contributed by atoms with Gasteiger partial charge in [-0.1, -0.05) is 19.3 Å². The van der Waals surface area contributed by atoms with Crippen molar-refractivity contribution in [2.24, 2.45) is 5.92 Å². The molecule has 1 saturated heterocycles. The molecule has 2 fully saturated rings. The molecule has 0 aromatic heterocycles. The molecule has 0 aromatic carbocycles. The summed E-state index contributed by atoms with van der Waals surface area (Å²) in [7, 11) is -3.06. The van der Waals surface area contributed by atoms with Crippen molar-refractivity contribution in [1.29, 1.82) is 0 Å². The topological polar surface area (TPSA) is 58.2 Å². The van der Waals surface area contributed by atoms with Crippen LogP contribution in [-0.4, -0.2) is 33.3 Å². The number of sulfonamides is 1. The Hall–Kier alpha value is 0.160. The molecular formula is C12H25ClN2O2S. The van der Waals surface area contributed by atoms with Gasteiger partial charge in [0.15, 0.2) is 0 Å². The molecule has 0 amide bonds. The van der Waals surface area contributed by atoms with Crippen LogP contribution >= 0.6 is 12.4 Å². The Kier molecular flexibility index (Phi) is 6.92. The van der Waals surface area contributed by atoms with E-state index in [1.54, 1.807) is 0 Å². The average molecular weight is 297 g/mol. The summed E-state index contributed by atoms with van der Waals surface area (Å²) in [5.74, 6) is 0.736. The van der Waals surface area contributed by atoms with Gasteiger partial charge in [-0.2, -0.15) is 0 Å². The minimum atomic E-state index is -3.06. The van der Waals surface area contributed by atoms with Gasteiger partial charge in [-0.3, -0.25) is 0 Å². The van der Waals surface area contributed by atoms with Crippen molar-refractivity contribution in [3.63, 3.8) is 0 Å². The van der Waals surface area contributed by atoms with Gasteiger partial charge in [0.1, 0.15) is 0 Å². The van der Waals surface area contributed by atoms with Crippen LogP contribution in [0.4, 0.5) is 0 Å². The monoisotopic (exact) mass is 296 g/mol. The third-order valence-corrected chi connectivity index (χ3v) is 5.47. The van der Waals surface area contributed by atoms with E-state index in [1.165, 1.54) is 19.3 Å². The van der Waals surface area contributed by atoms with Gasteiger partial charge in [0.2, 0.25) is 10.0 Å². The van der Waals surface area contributed by atoms with E-state index in [1.807, 2.05) is 0 Å². The van der Waals surface area contributed by atoms with Crippen LogP contribution < -0.4 is 10.0 Å². The molecule has 1 aliphatic heterocycles. The SMILES string of the molecule is Cl.O=S(=O)(CC1CCCCC1)NC1CCNCC1. The molecule has 4 nitrogen and oxygen atoms in total. The second-order valence-corrected chi connectivity index (χ2v) is 7.23. The number of nitrogens with one attached hydrogen (secondary N) is 2. The summed E-state index contributed by atoms with van der Waals surface area (Å²) in [6.07, 6.45) is 7.70. The van der Waals surface area contributed by atoms with Crippen molar-refractivity contribution < 1.29 is 8.42 Å². The van der Waals surface area contributed by atoms with Crippen LogP contribution in [0.3, 0.4) is 0 Å². The third-order valence-electron chi connectivity index (χ3n) is 3.87. The molecule has 2 aliphatic rings. The molecule has 1 aliphatic carbocycles. The number of halogens is 1. The van der Waals surface area contributed by atoms with Gasteiger partial charge in [0.25, 0.3) is 0 Å². The fourth-order valence-corrected chi connectivity index (χ4v) is 4.70. The number of hydrogen-bond acceptors (Lipinski definition) is 3. The van der Waals surface area contributed by atoms with Gasteiger partial charge < -0.3 is 5.32 Å². The molecule has 1 saturated carbocycles. The minimum absolute atomic E-state index is 0. The number of hydrogen-bond donors (Lipinski definition) is 2. The molecule has 0 bridgehead atoms. The van der Waals surface area contributed by atoms with Crippen molar-refractivity contribution in [2.75, 3.05) is 18.8 Å². The predicted octanol–water partition coefficient (Wildman–Crippen LogP) is 1.66. The molecule has 18 heavy (non-hydrogen) atoms. The van der Waals surface area contributed by atoms with Crippen molar-refractivity contribution >= 4 is 22.4 Å². The Morgan fingerprint density at radius 3 is 2.22 bits per heavy atom. The molecule has 108 valence electrons. The van der Waals surface area contributed by atoms with Crippen molar-refractivity contribution in [3.05, 3.63) is 0 Å². The van der Waals surface area contributed by atoms with E-state index in [-0.39, 0.29) is 18.4 Å². The first-order chi connectivity index (χ1) is 8.16. The number of rotatable bonds is 4. The Morgan fingerprint density at radius 2 is 1.61 bits per heavy atom. The molecule has 6 heteroatoms. The lowest BCUT2D eigenvalue weighted by atomic mass is 9.91. The molecule has 0 aromatic rings. The van der Waals surface area contributed by atoms with Crippen molar-refractivity contribution in [3.8, 4) is 0 Å². The summed E-state index contributed by atoms with van der Waals surface area (Å²) in [6, 6.07) is 0.157. The van der Waals surface area contributed by atoms with E-state index in [9.17, 15) is 8.42 Å². The van der Waals surface area contributed by atoms with Crippen LogP contribution in [0, 0.1) is 5.92 Å². The molecule has 0 radical (unpaired) electrons. The van der Waals surface area contributed by atoms with E-state index in [4.69, 9.17) is 0 Å². The largest absolute Gasteiger partial charge is 0.317 e. The second-order valence-electron chi connectivity index (χ2n) is 5.43. The summed E-state index contributed by atoms with van der Waals surface area (Å²) in [5, 5.41) is 3.25. The first-order valence-electron chi connectivity index (χ1n) is 6.86. The smallest absolute Gasteiger partial charge is 0.212 e. The van der Waals surface area contributed by atoms with Gasteiger partial charge in [-0.05, 0) is 44.7 Å². The zero-order chi connectivity index (χ0) is 12.1. The highest BCUT2D eigenvalue weighted by Crippen LogP contribution is 2.24. The zero-order valence-electron chi connectivity index (χ0n) is 10.9. The van der Waals surface area contributed by atoms with Crippen LogP contribution in [0.15, 0.2) is 0 Å². The third kappa shape index (κ3) is 5.43. The maximum Gasteiger partial charge on any atom is 0.212 e. The van der Waals surface area contributed by atoms with Gasteiger partial charge in [-0.25, -0.2) is 13.1 Å². The minimum Gasteiger partial charge on any atom is -0.317 e. The normalized spacial score (nSPS) is 23.6. The second kappa shape index (κ2) is 7.68. The summed E-state index contributed by atoms with van der Waals surface area (Å²) < 4.78 is 26.9. The lowest BCUT2D eigenvalue weighted by molar-refractivity contribution is 0.379. The molecule has 2 N–H and O–H groups in total. The van der Waals surface area contributed by atoms with Gasteiger partial charge in [0.05, 0.1) is 5.75 Å². The highest BCUT2D eigenvalue weighted by Gasteiger charge is 2.24. The lowest BCUT2D eigenvalue weighted by Crippen LogP contribution is -2.44. The van der Waals surface area contributed by atoms with Crippen LogP contribution in [-0.2, 0) is 10.0 Å². The molecular weight excluding hydrogens is 272 g/mol. The van der Waals surface area contributed by atoms with Gasteiger partial charge in [-0.15, -0.1) is 12.4 Å². The van der Waals surface area contributed by atoms with Crippen LogP contribution in [0.5, 0.6) is 0 Å². The Bertz CT molecular complexity index is 297. The molecule has 0 spiro atoms. The quantitative estimate of drug-likeness (QED) is 0.829. The predicted molar refractivity (Wildman–Crippen MR) is 76.6 cm³/mol. The molecule has 2 rings (SSSR count). The first kappa shape index (κ1) is 16.2. The fraction of sp³-hybridized carbons (Fsp3) is 1.00. The van der Waals surface area contributed by atoms with Gasteiger partial charge in [0, 0.05) is 6.04 Å². The van der Waals surface area contributed by atoms with Crippen molar-refractivity contribution in [1.82, 2.24) is 10.0 Å². The van der Waals surface area contributed by atoms with E-state index < -0.39 is 10.0 Å².